The highest BCUT2D eigenvalue weighted by Crippen LogP contribution is 2.21. The quantitative estimate of drug-likeness (QED) is 0.909. The van der Waals surface area contributed by atoms with E-state index >= 15 is 0 Å². The molecule has 21 heavy (non-hydrogen) atoms. The predicted molar refractivity (Wildman–Crippen MR) is 74.7 cm³/mol. The summed E-state index contributed by atoms with van der Waals surface area (Å²) in [5, 5.41) is 12.1. The summed E-state index contributed by atoms with van der Waals surface area (Å²) in [4.78, 5) is 12.1. The predicted octanol–water partition coefficient (Wildman–Crippen LogP) is 2.60. The number of hydrogen-bond donors (Lipinski definition) is 2. The van der Waals surface area contributed by atoms with Crippen LogP contribution in [0.4, 0.5) is 8.78 Å². The van der Waals surface area contributed by atoms with Crippen LogP contribution in [0.3, 0.4) is 0 Å². The molecule has 0 aliphatic heterocycles. The Morgan fingerprint density at radius 3 is 2.48 bits per heavy atom. The van der Waals surface area contributed by atoms with Gasteiger partial charge in [0.25, 0.3) is 5.91 Å². The topological polar surface area (TPSA) is 49.3 Å². The summed E-state index contributed by atoms with van der Waals surface area (Å²) >= 11 is 0. The summed E-state index contributed by atoms with van der Waals surface area (Å²) in [7, 11) is 0. The zero-order valence-corrected chi connectivity index (χ0v) is 11.4. The molecule has 0 radical (unpaired) electrons. The van der Waals surface area contributed by atoms with Crippen molar-refractivity contribution >= 4 is 5.91 Å². The van der Waals surface area contributed by atoms with Gasteiger partial charge >= 0.3 is 0 Å². The Morgan fingerprint density at radius 2 is 1.86 bits per heavy atom. The Labute approximate surface area is 121 Å². The number of aliphatic hydroxyl groups excluding tert-OH is 1. The molecule has 0 aliphatic rings. The van der Waals surface area contributed by atoms with Crippen LogP contribution >= 0.6 is 0 Å². The molecule has 0 aromatic heterocycles. The number of halogens is 2. The molecule has 110 valence electrons. The van der Waals surface area contributed by atoms with Crippen molar-refractivity contribution in [2.24, 2.45) is 0 Å². The summed E-state index contributed by atoms with van der Waals surface area (Å²) in [6.07, 6.45) is 0. The lowest BCUT2D eigenvalue weighted by molar-refractivity contribution is 0.0845. The molecule has 0 fully saturated rings. The minimum atomic E-state index is -1.09. The van der Waals surface area contributed by atoms with Crippen LogP contribution in [0.25, 0.3) is 0 Å². The molecule has 2 aromatic rings. The molecule has 3 nitrogen and oxygen atoms in total. The summed E-state index contributed by atoms with van der Waals surface area (Å²) in [5.41, 5.74) is -0.819. The van der Waals surface area contributed by atoms with Gasteiger partial charge in [0.15, 0.2) is 0 Å². The largest absolute Gasteiger partial charge is 0.394 e. The van der Waals surface area contributed by atoms with E-state index in [4.69, 9.17) is 0 Å². The van der Waals surface area contributed by atoms with Crippen LogP contribution in [0.5, 0.6) is 0 Å². The maximum Gasteiger partial charge on any atom is 0.255 e. The molecule has 0 saturated carbocycles. The normalized spacial score (nSPS) is 13.5. The lowest BCUT2D eigenvalue weighted by Crippen LogP contribution is -2.46. The Balaban J connectivity index is 2.30. The molecule has 2 rings (SSSR count). The molecule has 0 heterocycles. The van der Waals surface area contributed by atoms with Gasteiger partial charge in [-0.15, -0.1) is 0 Å². The average molecular weight is 291 g/mol. The third-order valence-corrected chi connectivity index (χ3v) is 3.29. The highest BCUT2D eigenvalue weighted by molar-refractivity contribution is 5.95. The van der Waals surface area contributed by atoms with E-state index in [1.54, 1.807) is 37.3 Å². The van der Waals surface area contributed by atoms with Gasteiger partial charge in [-0.05, 0) is 30.7 Å². The zero-order chi connectivity index (χ0) is 15.5. The smallest absolute Gasteiger partial charge is 0.255 e. The molecule has 1 atom stereocenters. The lowest BCUT2D eigenvalue weighted by Gasteiger charge is -2.29. The molecule has 0 spiro atoms. The van der Waals surface area contributed by atoms with Crippen molar-refractivity contribution in [2.45, 2.75) is 12.5 Å². The van der Waals surface area contributed by atoms with Gasteiger partial charge in [0.1, 0.15) is 11.6 Å². The molecule has 0 saturated heterocycles. The van der Waals surface area contributed by atoms with Crippen molar-refractivity contribution in [2.75, 3.05) is 6.61 Å². The minimum Gasteiger partial charge on any atom is -0.394 e. The van der Waals surface area contributed by atoms with E-state index in [1.165, 1.54) is 0 Å². The summed E-state index contributed by atoms with van der Waals surface area (Å²) in [5.74, 6) is -2.30. The maximum atomic E-state index is 13.6. The van der Waals surface area contributed by atoms with E-state index in [-0.39, 0.29) is 6.61 Å². The molecule has 5 heteroatoms. The van der Waals surface area contributed by atoms with Gasteiger partial charge in [-0.2, -0.15) is 0 Å². The van der Waals surface area contributed by atoms with Crippen molar-refractivity contribution in [3.8, 4) is 0 Å². The molecule has 1 amide bonds. The van der Waals surface area contributed by atoms with E-state index in [0.717, 1.165) is 18.2 Å². The fourth-order valence-corrected chi connectivity index (χ4v) is 2.00. The van der Waals surface area contributed by atoms with Crippen LogP contribution in [0.2, 0.25) is 0 Å². The Bertz CT molecular complexity index is 646. The summed E-state index contributed by atoms with van der Waals surface area (Å²) in [6, 6.07) is 11.5. The van der Waals surface area contributed by atoms with Crippen LogP contribution in [0.1, 0.15) is 22.8 Å². The van der Waals surface area contributed by atoms with Gasteiger partial charge < -0.3 is 10.4 Å². The second-order valence-electron chi connectivity index (χ2n) is 4.93. The van der Waals surface area contributed by atoms with Crippen molar-refractivity contribution in [1.29, 1.82) is 0 Å². The molecule has 2 N–H and O–H groups in total. The number of aliphatic hydroxyl groups is 1. The summed E-state index contributed by atoms with van der Waals surface area (Å²) < 4.78 is 26.8. The molecule has 0 bridgehead atoms. The minimum absolute atomic E-state index is 0.375. The number of benzene rings is 2. The Hall–Kier alpha value is -2.27. The first-order valence-electron chi connectivity index (χ1n) is 6.40. The second-order valence-corrected chi connectivity index (χ2v) is 4.93. The monoisotopic (exact) mass is 291 g/mol. The molecular weight excluding hydrogens is 276 g/mol. The third kappa shape index (κ3) is 3.25. The fraction of sp³-hybridized carbons (Fsp3) is 0.188. The lowest BCUT2D eigenvalue weighted by atomic mass is 9.92. The highest BCUT2D eigenvalue weighted by atomic mass is 19.1. The molecule has 2 aromatic carbocycles. The number of nitrogens with one attached hydrogen (secondary N) is 1. The molecule has 0 aliphatic carbocycles. The number of rotatable bonds is 4. The van der Waals surface area contributed by atoms with Crippen LogP contribution < -0.4 is 5.32 Å². The van der Waals surface area contributed by atoms with Gasteiger partial charge in [0.2, 0.25) is 0 Å². The van der Waals surface area contributed by atoms with Gasteiger partial charge in [0, 0.05) is 0 Å². The average Bonchev–Trinajstić information content (AvgIpc) is 2.50. The van der Waals surface area contributed by atoms with E-state index in [2.05, 4.69) is 5.32 Å². The van der Waals surface area contributed by atoms with E-state index in [1.807, 2.05) is 0 Å². The van der Waals surface area contributed by atoms with Crippen LogP contribution in [-0.4, -0.2) is 17.6 Å². The van der Waals surface area contributed by atoms with Gasteiger partial charge in [-0.1, -0.05) is 30.3 Å². The standard InChI is InChI=1S/C16H15F2NO2/c1-16(10-20,11-5-3-2-4-6-11)19-15(21)13-9-12(17)7-8-14(13)18/h2-9,20H,10H2,1H3,(H,19,21). The van der Waals surface area contributed by atoms with E-state index < -0.39 is 28.6 Å². The first-order valence-corrected chi connectivity index (χ1v) is 6.40. The van der Waals surface area contributed by atoms with Crippen LogP contribution in [0, 0.1) is 11.6 Å². The van der Waals surface area contributed by atoms with E-state index in [0.29, 0.717) is 5.56 Å². The first-order chi connectivity index (χ1) is 9.96. The van der Waals surface area contributed by atoms with E-state index in [9.17, 15) is 18.7 Å². The second kappa shape index (κ2) is 6.01. The summed E-state index contributed by atoms with van der Waals surface area (Å²) in [6.45, 7) is 1.23. The molecule has 1 unspecified atom stereocenters. The molecular formula is C16H15F2NO2. The van der Waals surface area contributed by atoms with Gasteiger partial charge in [-0.3, -0.25) is 4.79 Å². The Kier molecular flexibility index (Phi) is 4.33. The van der Waals surface area contributed by atoms with Gasteiger partial charge in [-0.25, -0.2) is 8.78 Å². The number of carbonyl (C=O) groups excluding carboxylic acids is 1. The van der Waals surface area contributed by atoms with Crippen molar-refractivity contribution in [3.05, 3.63) is 71.3 Å². The van der Waals surface area contributed by atoms with Crippen molar-refractivity contribution in [1.82, 2.24) is 5.32 Å². The maximum absolute atomic E-state index is 13.6. The SMILES string of the molecule is CC(CO)(NC(=O)c1cc(F)ccc1F)c1ccccc1. The van der Waals surface area contributed by atoms with Crippen molar-refractivity contribution < 1.29 is 18.7 Å². The van der Waals surface area contributed by atoms with Crippen LogP contribution in [0.15, 0.2) is 48.5 Å². The fourth-order valence-electron chi connectivity index (χ4n) is 2.00. The number of hydrogen-bond acceptors (Lipinski definition) is 2. The third-order valence-electron chi connectivity index (χ3n) is 3.29. The van der Waals surface area contributed by atoms with Gasteiger partial charge in [0.05, 0.1) is 17.7 Å². The first kappa shape index (κ1) is 15.1. The van der Waals surface area contributed by atoms with Crippen molar-refractivity contribution in [3.63, 3.8) is 0 Å². The van der Waals surface area contributed by atoms with Crippen LogP contribution in [-0.2, 0) is 5.54 Å². The zero-order valence-electron chi connectivity index (χ0n) is 11.4. The number of amides is 1. The number of carbonyl (C=O) groups is 1. The Morgan fingerprint density at radius 1 is 1.19 bits per heavy atom. The highest BCUT2D eigenvalue weighted by Gasteiger charge is 2.29.